The SMILES string of the molecule is Cn1cccc1C1COCCN1Cc1ccc(OCc2ccccc2F)nc1. The van der Waals surface area contributed by atoms with Crippen molar-refractivity contribution in [3.05, 3.63) is 83.6 Å². The number of pyridine rings is 1. The van der Waals surface area contributed by atoms with Crippen molar-refractivity contribution < 1.29 is 13.9 Å². The van der Waals surface area contributed by atoms with Crippen molar-refractivity contribution in [3.8, 4) is 5.88 Å². The number of benzene rings is 1. The highest BCUT2D eigenvalue weighted by Crippen LogP contribution is 2.26. The Morgan fingerprint density at radius 1 is 1.18 bits per heavy atom. The van der Waals surface area contributed by atoms with Crippen molar-refractivity contribution in [3.63, 3.8) is 0 Å². The van der Waals surface area contributed by atoms with Crippen LogP contribution in [0.4, 0.5) is 4.39 Å². The smallest absolute Gasteiger partial charge is 0.213 e. The average molecular weight is 381 g/mol. The molecule has 3 heterocycles. The second-order valence-electron chi connectivity index (χ2n) is 6.99. The monoisotopic (exact) mass is 381 g/mol. The number of morpholine rings is 1. The Morgan fingerprint density at radius 2 is 2.07 bits per heavy atom. The van der Waals surface area contributed by atoms with Crippen molar-refractivity contribution in [2.24, 2.45) is 7.05 Å². The lowest BCUT2D eigenvalue weighted by Crippen LogP contribution is -2.39. The van der Waals surface area contributed by atoms with Gasteiger partial charge in [0, 0.05) is 49.9 Å². The molecule has 1 aromatic carbocycles. The van der Waals surface area contributed by atoms with Crippen LogP contribution >= 0.6 is 0 Å². The molecule has 1 saturated heterocycles. The van der Waals surface area contributed by atoms with Gasteiger partial charge < -0.3 is 14.0 Å². The summed E-state index contributed by atoms with van der Waals surface area (Å²) in [5, 5.41) is 0. The highest BCUT2D eigenvalue weighted by molar-refractivity contribution is 5.21. The number of hydrogen-bond donors (Lipinski definition) is 0. The van der Waals surface area contributed by atoms with Gasteiger partial charge in [-0.25, -0.2) is 9.37 Å². The lowest BCUT2D eigenvalue weighted by Gasteiger charge is -2.35. The van der Waals surface area contributed by atoms with Crippen LogP contribution in [0.2, 0.25) is 0 Å². The number of hydrogen-bond acceptors (Lipinski definition) is 4. The summed E-state index contributed by atoms with van der Waals surface area (Å²) in [7, 11) is 2.06. The third kappa shape index (κ3) is 4.24. The van der Waals surface area contributed by atoms with Crippen molar-refractivity contribution in [1.29, 1.82) is 0 Å². The zero-order valence-corrected chi connectivity index (χ0v) is 15.9. The molecule has 3 aromatic rings. The first kappa shape index (κ1) is 18.7. The van der Waals surface area contributed by atoms with Crippen LogP contribution in [0, 0.1) is 5.82 Å². The predicted octanol–water partition coefficient (Wildman–Crippen LogP) is 3.71. The first-order chi connectivity index (χ1) is 13.7. The molecule has 0 spiro atoms. The van der Waals surface area contributed by atoms with E-state index in [1.54, 1.807) is 18.2 Å². The van der Waals surface area contributed by atoms with Gasteiger partial charge in [0.25, 0.3) is 0 Å². The van der Waals surface area contributed by atoms with E-state index in [2.05, 4.69) is 39.8 Å². The lowest BCUT2D eigenvalue weighted by molar-refractivity contribution is -0.0152. The molecule has 1 unspecified atom stereocenters. The Kier molecular flexibility index (Phi) is 5.69. The maximum Gasteiger partial charge on any atom is 0.213 e. The molecule has 2 aromatic heterocycles. The molecule has 0 saturated carbocycles. The van der Waals surface area contributed by atoms with E-state index >= 15 is 0 Å². The first-order valence-electron chi connectivity index (χ1n) is 9.45. The van der Waals surface area contributed by atoms with Crippen LogP contribution in [0.25, 0.3) is 0 Å². The molecule has 0 bridgehead atoms. The van der Waals surface area contributed by atoms with Crippen molar-refractivity contribution in [2.75, 3.05) is 19.8 Å². The Bertz CT molecular complexity index is 910. The van der Waals surface area contributed by atoms with Crippen molar-refractivity contribution >= 4 is 0 Å². The molecule has 28 heavy (non-hydrogen) atoms. The average Bonchev–Trinajstić information content (AvgIpc) is 3.15. The van der Waals surface area contributed by atoms with Crippen LogP contribution in [0.1, 0.15) is 22.9 Å². The van der Waals surface area contributed by atoms with Crippen LogP contribution in [0.15, 0.2) is 60.9 Å². The van der Waals surface area contributed by atoms with E-state index in [0.29, 0.717) is 18.1 Å². The fourth-order valence-electron chi connectivity index (χ4n) is 3.51. The standard InChI is InChI=1S/C22H24FN3O2/c1-25-10-4-7-20(25)21-16-27-12-11-26(21)14-17-8-9-22(24-13-17)28-15-18-5-2-3-6-19(18)23/h2-10,13,21H,11-12,14-16H2,1H3. The van der Waals surface area contributed by atoms with Gasteiger partial charge in [0.05, 0.1) is 19.3 Å². The number of ether oxygens (including phenoxy) is 2. The van der Waals surface area contributed by atoms with E-state index in [4.69, 9.17) is 9.47 Å². The summed E-state index contributed by atoms with van der Waals surface area (Å²) in [5.74, 6) is 0.228. The molecule has 146 valence electrons. The van der Waals surface area contributed by atoms with Gasteiger partial charge in [-0.1, -0.05) is 24.3 Å². The number of aromatic nitrogens is 2. The van der Waals surface area contributed by atoms with E-state index in [0.717, 1.165) is 25.3 Å². The van der Waals surface area contributed by atoms with Crippen LogP contribution in [-0.2, 0) is 24.9 Å². The van der Waals surface area contributed by atoms with Gasteiger partial charge >= 0.3 is 0 Å². The highest BCUT2D eigenvalue weighted by Gasteiger charge is 2.26. The fraction of sp³-hybridized carbons (Fsp3) is 0.318. The third-order valence-electron chi connectivity index (χ3n) is 5.08. The van der Waals surface area contributed by atoms with Crippen LogP contribution in [0.3, 0.4) is 0 Å². The minimum Gasteiger partial charge on any atom is -0.473 e. The maximum atomic E-state index is 13.7. The summed E-state index contributed by atoms with van der Waals surface area (Å²) in [4.78, 5) is 6.80. The zero-order valence-electron chi connectivity index (χ0n) is 15.9. The molecular formula is C22H24FN3O2. The summed E-state index contributed by atoms with van der Waals surface area (Å²) >= 11 is 0. The molecule has 1 aliphatic heterocycles. The minimum atomic E-state index is -0.266. The van der Waals surface area contributed by atoms with E-state index in [1.807, 2.05) is 18.3 Å². The van der Waals surface area contributed by atoms with E-state index in [-0.39, 0.29) is 18.5 Å². The second kappa shape index (κ2) is 8.54. The molecule has 6 heteroatoms. The fourth-order valence-corrected chi connectivity index (χ4v) is 3.51. The van der Waals surface area contributed by atoms with Gasteiger partial charge in [0.2, 0.25) is 5.88 Å². The van der Waals surface area contributed by atoms with E-state index in [9.17, 15) is 4.39 Å². The van der Waals surface area contributed by atoms with E-state index < -0.39 is 0 Å². The van der Waals surface area contributed by atoms with Gasteiger partial charge in [-0.05, 0) is 23.8 Å². The third-order valence-corrected chi connectivity index (χ3v) is 5.08. The molecule has 0 amide bonds. The Hall–Kier alpha value is -2.70. The quantitative estimate of drug-likeness (QED) is 0.653. The first-order valence-corrected chi connectivity index (χ1v) is 9.45. The Morgan fingerprint density at radius 3 is 2.82 bits per heavy atom. The van der Waals surface area contributed by atoms with Crippen molar-refractivity contribution in [2.45, 2.75) is 19.2 Å². The largest absolute Gasteiger partial charge is 0.473 e. The van der Waals surface area contributed by atoms with Crippen LogP contribution in [0.5, 0.6) is 5.88 Å². The van der Waals surface area contributed by atoms with Gasteiger partial charge in [-0.2, -0.15) is 0 Å². The zero-order chi connectivity index (χ0) is 19.3. The summed E-state index contributed by atoms with van der Waals surface area (Å²) in [6.07, 6.45) is 3.89. The Labute approximate surface area is 164 Å². The molecule has 1 atom stereocenters. The molecule has 5 nitrogen and oxygen atoms in total. The molecule has 4 rings (SSSR count). The summed E-state index contributed by atoms with van der Waals surface area (Å²) in [6.45, 7) is 3.26. The van der Waals surface area contributed by atoms with Crippen molar-refractivity contribution in [1.82, 2.24) is 14.5 Å². The molecular weight excluding hydrogens is 357 g/mol. The Balaban J connectivity index is 1.39. The van der Waals surface area contributed by atoms with E-state index in [1.165, 1.54) is 11.8 Å². The topological polar surface area (TPSA) is 39.5 Å². The molecule has 0 aliphatic carbocycles. The molecule has 0 N–H and O–H groups in total. The van der Waals surface area contributed by atoms with Crippen LogP contribution < -0.4 is 4.74 Å². The van der Waals surface area contributed by atoms with Gasteiger partial charge in [-0.3, -0.25) is 4.90 Å². The summed E-state index contributed by atoms with van der Waals surface area (Å²) in [6, 6.07) is 14.9. The number of rotatable bonds is 6. The molecule has 1 fully saturated rings. The number of halogens is 1. The number of aryl methyl sites for hydroxylation is 1. The van der Waals surface area contributed by atoms with Gasteiger partial charge in [-0.15, -0.1) is 0 Å². The molecule has 0 radical (unpaired) electrons. The van der Waals surface area contributed by atoms with Gasteiger partial charge in [0.1, 0.15) is 12.4 Å². The number of nitrogens with zero attached hydrogens (tertiary/aromatic N) is 3. The van der Waals surface area contributed by atoms with Gasteiger partial charge in [0.15, 0.2) is 0 Å². The van der Waals surface area contributed by atoms with Crippen LogP contribution in [-0.4, -0.2) is 34.2 Å². The maximum absolute atomic E-state index is 13.7. The summed E-state index contributed by atoms with van der Waals surface area (Å²) in [5.41, 5.74) is 2.88. The summed E-state index contributed by atoms with van der Waals surface area (Å²) < 4.78 is 27.2. The highest BCUT2D eigenvalue weighted by atomic mass is 19.1. The second-order valence-corrected chi connectivity index (χ2v) is 6.99. The minimum absolute atomic E-state index is 0.165. The molecule has 1 aliphatic rings. The normalized spacial score (nSPS) is 17.6. The predicted molar refractivity (Wildman–Crippen MR) is 104 cm³/mol. The lowest BCUT2D eigenvalue weighted by atomic mass is 10.1.